The molecule has 0 aliphatic carbocycles. The quantitative estimate of drug-likeness (QED) is 0.291. The molecule has 36 heavy (non-hydrogen) atoms. The molecular formula is C25H19N7O4. The van der Waals surface area contributed by atoms with Crippen molar-refractivity contribution in [3.8, 4) is 0 Å². The Bertz CT molecular complexity index is 1540. The van der Waals surface area contributed by atoms with E-state index in [2.05, 4.69) is 19.9 Å². The molecule has 0 atom stereocenters. The van der Waals surface area contributed by atoms with Crippen LogP contribution in [-0.4, -0.2) is 24.9 Å². The molecule has 0 aliphatic rings. The zero-order chi connectivity index (χ0) is 25.1. The van der Waals surface area contributed by atoms with E-state index in [1.807, 2.05) is 0 Å². The molecule has 0 saturated carbocycles. The van der Waals surface area contributed by atoms with Crippen molar-refractivity contribution in [3.05, 3.63) is 132 Å². The van der Waals surface area contributed by atoms with Gasteiger partial charge in [-0.25, -0.2) is 4.98 Å². The van der Waals surface area contributed by atoms with Crippen LogP contribution in [0.5, 0.6) is 0 Å². The van der Waals surface area contributed by atoms with Gasteiger partial charge in [-0.2, -0.15) is 0 Å². The summed E-state index contributed by atoms with van der Waals surface area (Å²) in [6.45, 7) is 0. The lowest BCUT2D eigenvalue weighted by Gasteiger charge is -2.26. The molecule has 5 heterocycles. The molecule has 0 aliphatic heterocycles. The number of aromatic nitrogens is 5. The highest BCUT2D eigenvalue weighted by atomic mass is 16.1. The van der Waals surface area contributed by atoms with Crippen LogP contribution in [0.25, 0.3) is 0 Å². The van der Waals surface area contributed by atoms with Gasteiger partial charge in [0.15, 0.2) is 0 Å². The fourth-order valence-electron chi connectivity index (χ4n) is 3.68. The third-order valence-corrected chi connectivity index (χ3v) is 5.15. The minimum absolute atomic E-state index is 0.336. The fraction of sp³-hybridized carbons (Fsp3) is 0. The average Bonchev–Trinajstić information content (AvgIpc) is 2.85. The highest BCUT2D eigenvalue weighted by molar-refractivity contribution is 5.74. The summed E-state index contributed by atoms with van der Waals surface area (Å²) in [4.78, 5) is 67.2. The van der Waals surface area contributed by atoms with Gasteiger partial charge >= 0.3 is 0 Å². The first kappa shape index (κ1) is 22.3. The summed E-state index contributed by atoms with van der Waals surface area (Å²) in [7, 11) is 0. The van der Waals surface area contributed by atoms with Crippen molar-refractivity contribution in [2.24, 2.45) is 0 Å². The largest absolute Gasteiger partial charge is 0.308 e. The lowest BCUT2D eigenvalue weighted by molar-refractivity contribution is 1.03. The standard InChI is InChI=1S/C25H19N7O4/c33-22-12-2-8-18(27-22)31(19-9-3-13-23(34)28-19)16-6-1-7-17(26-16)32(20-10-4-14-24(35)29-20)21-11-5-15-25(36)30-21/h1-15H,(H,27,33)(H,28,34)(H,29,35)(H,30,36). The van der Waals surface area contributed by atoms with Crippen LogP contribution in [0.1, 0.15) is 0 Å². The minimum atomic E-state index is -0.336. The molecule has 0 aromatic carbocycles. The van der Waals surface area contributed by atoms with Gasteiger partial charge in [0.2, 0.25) is 22.2 Å². The number of nitrogens with one attached hydrogen (secondary N) is 4. The maximum Gasteiger partial charge on any atom is 0.249 e. The average molecular weight is 481 g/mol. The van der Waals surface area contributed by atoms with Crippen LogP contribution in [0, 0.1) is 0 Å². The van der Waals surface area contributed by atoms with Crippen LogP contribution in [-0.2, 0) is 0 Å². The molecule has 11 nitrogen and oxygen atoms in total. The Kier molecular flexibility index (Phi) is 5.85. The molecule has 5 aromatic heterocycles. The van der Waals surface area contributed by atoms with E-state index in [0.717, 1.165) is 0 Å². The van der Waals surface area contributed by atoms with Gasteiger partial charge in [-0.3, -0.25) is 29.0 Å². The van der Waals surface area contributed by atoms with Crippen molar-refractivity contribution in [1.82, 2.24) is 24.9 Å². The molecule has 0 amide bonds. The second kappa shape index (κ2) is 9.43. The van der Waals surface area contributed by atoms with Gasteiger partial charge in [-0.1, -0.05) is 30.3 Å². The Labute approximate surface area is 202 Å². The summed E-state index contributed by atoms with van der Waals surface area (Å²) in [6.07, 6.45) is 0. The molecule has 5 aromatic rings. The zero-order valence-corrected chi connectivity index (χ0v) is 18.6. The van der Waals surface area contributed by atoms with Gasteiger partial charge in [0.25, 0.3) is 0 Å². The second-order valence-corrected chi connectivity index (χ2v) is 7.63. The van der Waals surface area contributed by atoms with Gasteiger partial charge in [0.1, 0.15) is 34.9 Å². The molecule has 0 radical (unpaired) electrons. The zero-order valence-electron chi connectivity index (χ0n) is 18.6. The van der Waals surface area contributed by atoms with Crippen LogP contribution >= 0.6 is 0 Å². The van der Waals surface area contributed by atoms with E-state index < -0.39 is 0 Å². The summed E-state index contributed by atoms with van der Waals surface area (Å²) < 4.78 is 0. The third kappa shape index (κ3) is 4.61. The van der Waals surface area contributed by atoms with Crippen molar-refractivity contribution >= 4 is 34.9 Å². The predicted octanol–water partition coefficient (Wildman–Crippen LogP) is 2.77. The number of aromatic amines is 4. The van der Waals surface area contributed by atoms with Crippen molar-refractivity contribution in [2.45, 2.75) is 0 Å². The van der Waals surface area contributed by atoms with Crippen LogP contribution in [0.3, 0.4) is 0 Å². The van der Waals surface area contributed by atoms with Crippen molar-refractivity contribution in [3.63, 3.8) is 0 Å². The van der Waals surface area contributed by atoms with E-state index in [9.17, 15) is 19.2 Å². The van der Waals surface area contributed by atoms with E-state index in [1.54, 1.807) is 76.5 Å². The van der Waals surface area contributed by atoms with Crippen molar-refractivity contribution < 1.29 is 0 Å². The van der Waals surface area contributed by atoms with Crippen molar-refractivity contribution in [1.29, 1.82) is 0 Å². The summed E-state index contributed by atoms with van der Waals surface area (Å²) in [6, 6.07) is 23.6. The molecule has 11 heteroatoms. The number of hydrogen-bond donors (Lipinski definition) is 4. The smallest absolute Gasteiger partial charge is 0.249 e. The Morgan fingerprint density at radius 1 is 0.417 bits per heavy atom. The SMILES string of the molecule is O=c1cccc(N(c2cccc(N(c3cccc(=O)[nH]3)c3cccc(=O)[nH]3)n2)c2cccc(=O)[nH]2)[nH]1. The molecular weight excluding hydrogens is 462 g/mol. The third-order valence-electron chi connectivity index (χ3n) is 5.15. The van der Waals surface area contributed by atoms with Gasteiger partial charge in [-0.05, 0) is 36.4 Å². The number of nitrogens with zero attached hydrogens (tertiary/aromatic N) is 3. The molecule has 0 unspecified atom stereocenters. The van der Waals surface area contributed by atoms with E-state index in [4.69, 9.17) is 4.98 Å². The summed E-state index contributed by atoms with van der Waals surface area (Å²) in [5.41, 5.74) is -1.34. The van der Waals surface area contributed by atoms with Crippen LogP contribution < -0.4 is 32.0 Å². The first-order valence-electron chi connectivity index (χ1n) is 10.8. The van der Waals surface area contributed by atoms with Crippen LogP contribution in [0.2, 0.25) is 0 Å². The Balaban J connectivity index is 1.72. The topological polar surface area (TPSA) is 151 Å². The Hall–Kier alpha value is -5.45. The van der Waals surface area contributed by atoms with Crippen LogP contribution in [0.4, 0.5) is 34.9 Å². The van der Waals surface area contributed by atoms with E-state index >= 15 is 0 Å². The predicted molar refractivity (Wildman–Crippen MR) is 136 cm³/mol. The summed E-state index contributed by atoms with van der Waals surface area (Å²) >= 11 is 0. The number of pyridine rings is 5. The lowest BCUT2D eigenvalue weighted by atomic mass is 10.3. The number of anilines is 6. The second-order valence-electron chi connectivity index (χ2n) is 7.63. The van der Waals surface area contributed by atoms with Gasteiger partial charge in [0.05, 0.1) is 0 Å². The molecule has 4 N–H and O–H groups in total. The molecule has 0 fully saturated rings. The highest BCUT2D eigenvalue weighted by Crippen LogP contribution is 2.34. The van der Waals surface area contributed by atoms with Crippen molar-refractivity contribution in [2.75, 3.05) is 9.80 Å². The molecule has 178 valence electrons. The maximum absolute atomic E-state index is 12.1. The first-order valence-corrected chi connectivity index (χ1v) is 10.8. The monoisotopic (exact) mass is 481 g/mol. The minimum Gasteiger partial charge on any atom is -0.308 e. The fourth-order valence-corrected chi connectivity index (χ4v) is 3.68. The maximum atomic E-state index is 12.1. The molecule has 0 bridgehead atoms. The lowest BCUT2D eigenvalue weighted by Crippen LogP contribution is -2.22. The number of rotatable bonds is 6. The van der Waals surface area contributed by atoms with E-state index in [-0.39, 0.29) is 22.2 Å². The molecule has 0 spiro atoms. The van der Waals surface area contributed by atoms with Gasteiger partial charge in [0, 0.05) is 24.3 Å². The highest BCUT2D eigenvalue weighted by Gasteiger charge is 2.20. The first-order chi connectivity index (χ1) is 17.5. The summed E-state index contributed by atoms with van der Waals surface area (Å²) in [5, 5.41) is 0. The van der Waals surface area contributed by atoms with Gasteiger partial charge in [-0.15, -0.1) is 0 Å². The molecule has 0 saturated heterocycles. The molecule has 5 rings (SSSR count). The number of H-pyrrole nitrogens is 4. The van der Waals surface area contributed by atoms with Gasteiger partial charge < -0.3 is 19.9 Å². The van der Waals surface area contributed by atoms with E-state index in [0.29, 0.717) is 34.9 Å². The van der Waals surface area contributed by atoms with E-state index in [1.165, 1.54) is 24.3 Å². The Morgan fingerprint density at radius 3 is 0.972 bits per heavy atom. The Morgan fingerprint density at radius 2 is 0.694 bits per heavy atom. The normalized spacial score (nSPS) is 10.7. The van der Waals surface area contributed by atoms with Crippen LogP contribution in [0.15, 0.2) is 110 Å². The summed E-state index contributed by atoms with van der Waals surface area (Å²) in [5.74, 6) is 2.14. The number of hydrogen-bond acceptors (Lipinski definition) is 7.